The molecule has 6 nitrogen and oxygen atoms in total. The SMILES string of the molecule is C=CC(=O)Nc1cc(C)ccc1Nc1nc(N)ncc1C(F)(F)F. The second kappa shape index (κ2) is 6.57. The highest BCUT2D eigenvalue weighted by atomic mass is 19.4. The Kier molecular flexibility index (Phi) is 4.72. The number of nitrogens with zero attached hydrogens (tertiary/aromatic N) is 2. The van der Waals surface area contributed by atoms with E-state index in [-0.39, 0.29) is 17.3 Å². The molecule has 0 radical (unpaired) electrons. The number of nitrogen functional groups attached to an aromatic ring is 1. The van der Waals surface area contributed by atoms with E-state index in [1.807, 2.05) is 0 Å². The number of benzene rings is 1. The quantitative estimate of drug-likeness (QED) is 0.745. The van der Waals surface area contributed by atoms with Crippen molar-refractivity contribution < 1.29 is 18.0 Å². The zero-order valence-electron chi connectivity index (χ0n) is 12.6. The minimum atomic E-state index is -4.66. The third kappa shape index (κ3) is 4.00. The molecule has 0 aliphatic rings. The highest BCUT2D eigenvalue weighted by molar-refractivity contribution is 6.01. The van der Waals surface area contributed by atoms with Gasteiger partial charge in [-0.25, -0.2) is 4.98 Å². The van der Waals surface area contributed by atoms with Crippen LogP contribution in [-0.4, -0.2) is 15.9 Å². The molecule has 0 atom stereocenters. The van der Waals surface area contributed by atoms with Crippen molar-refractivity contribution in [3.8, 4) is 0 Å². The Morgan fingerprint density at radius 1 is 1.33 bits per heavy atom. The van der Waals surface area contributed by atoms with Gasteiger partial charge < -0.3 is 16.4 Å². The average Bonchev–Trinajstić information content (AvgIpc) is 2.48. The number of carbonyl (C=O) groups excluding carboxylic acids is 1. The molecule has 1 aromatic heterocycles. The molecule has 0 unspecified atom stereocenters. The molecule has 4 N–H and O–H groups in total. The standard InChI is InChI=1S/C15H14F3N5O/c1-3-12(24)21-11-6-8(2)4-5-10(11)22-13-9(15(16,17)18)7-20-14(19)23-13/h3-7H,1H2,2H3,(H,21,24)(H3,19,20,22,23). The number of amides is 1. The maximum absolute atomic E-state index is 13.1. The van der Waals surface area contributed by atoms with Crippen LogP contribution in [0, 0.1) is 6.92 Å². The molecule has 24 heavy (non-hydrogen) atoms. The molecule has 0 aliphatic heterocycles. The Morgan fingerprint density at radius 2 is 2.04 bits per heavy atom. The van der Waals surface area contributed by atoms with Crippen molar-refractivity contribution in [2.24, 2.45) is 0 Å². The van der Waals surface area contributed by atoms with Gasteiger partial charge in [0.2, 0.25) is 11.9 Å². The van der Waals surface area contributed by atoms with Gasteiger partial charge in [-0.2, -0.15) is 18.2 Å². The summed E-state index contributed by atoms with van der Waals surface area (Å²) in [6, 6.07) is 4.79. The molecular weight excluding hydrogens is 323 g/mol. The van der Waals surface area contributed by atoms with Crippen LogP contribution in [0.25, 0.3) is 0 Å². The van der Waals surface area contributed by atoms with Gasteiger partial charge in [-0.1, -0.05) is 12.6 Å². The largest absolute Gasteiger partial charge is 0.421 e. The highest BCUT2D eigenvalue weighted by Crippen LogP contribution is 2.36. The predicted octanol–water partition coefficient (Wildman–Crippen LogP) is 3.25. The second-order valence-electron chi connectivity index (χ2n) is 4.86. The van der Waals surface area contributed by atoms with Crippen LogP contribution in [-0.2, 0) is 11.0 Å². The number of hydrogen-bond donors (Lipinski definition) is 3. The molecule has 0 spiro atoms. The van der Waals surface area contributed by atoms with Gasteiger partial charge >= 0.3 is 6.18 Å². The smallest absolute Gasteiger partial charge is 0.368 e. The lowest BCUT2D eigenvalue weighted by Gasteiger charge is -2.16. The molecule has 1 aromatic carbocycles. The Balaban J connectivity index is 2.47. The molecule has 0 saturated heterocycles. The maximum atomic E-state index is 13.1. The lowest BCUT2D eigenvalue weighted by molar-refractivity contribution is -0.137. The monoisotopic (exact) mass is 337 g/mol. The number of nitrogens with one attached hydrogen (secondary N) is 2. The van der Waals surface area contributed by atoms with Gasteiger partial charge in [0.25, 0.3) is 0 Å². The lowest BCUT2D eigenvalue weighted by atomic mass is 10.1. The highest BCUT2D eigenvalue weighted by Gasteiger charge is 2.35. The van der Waals surface area contributed by atoms with Crippen LogP contribution in [0.3, 0.4) is 0 Å². The Bertz CT molecular complexity index is 789. The summed E-state index contributed by atoms with van der Waals surface area (Å²) in [6.45, 7) is 5.11. The van der Waals surface area contributed by atoms with Crippen molar-refractivity contribution >= 4 is 29.0 Å². The van der Waals surface area contributed by atoms with Gasteiger partial charge in [0.05, 0.1) is 11.4 Å². The summed E-state index contributed by atoms with van der Waals surface area (Å²) in [5.41, 5.74) is 5.61. The molecule has 2 aromatic rings. The summed E-state index contributed by atoms with van der Waals surface area (Å²) in [5.74, 6) is -1.32. The number of carbonyl (C=O) groups is 1. The van der Waals surface area contributed by atoms with Crippen LogP contribution in [0.4, 0.5) is 36.3 Å². The van der Waals surface area contributed by atoms with E-state index in [0.29, 0.717) is 6.20 Å². The van der Waals surface area contributed by atoms with E-state index in [9.17, 15) is 18.0 Å². The molecule has 0 fully saturated rings. The van der Waals surface area contributed by atoms with Crippen LogP contribution >= 0.6 is 0 Å². The number of aromatic nitrogens is 2. The molecule has 2 rings (SSSR count). The van der Waals surface area contributed by atoms with E-state index in [1.165, 1.54) is 6.07 Å². The molecular formula is C15H14F3N5O. The Labute approximate surface area is 135 Å². The fourth-order valence-corrected chi connectivity index (χ4v) is 1.88. The first-order valence-corrected chi connectivity index (χ1v) is 6.71. The van der Waals surface area contributed by atoms with Crippen molar-refractivity contribution in [2.75, 3.05) is 16.4 Å². The van der Waals surface area contributed by atoms with E-state index in [1.54, 1.807) is 19.1 Å². The minimum absolute atomic E-state index is 0.222. The summed E-state index contributed by atoms with van der Waals surface area (Å²) in [4.78, 5) is 18.5. The molecule has 1 amide bonds. The Hall–Kier alpha value is -3.10. The van der Waals surface area contributed by atoms with Crippen molar-refractivity contribution in [1.29, 1.82) is 0 Å². The normalized spacial score (nSPS) is 11.0. The number of alkyl halides is 3. The number of anilines is 4. The lowest BCUT2D eigenvalue weighted by Crippen LogP contribution is -2.14. The van der Waals surface area contributed by atoms with E-state index < -0.39 is 23.5 Å². The summed E-state index contributed by atoms with van der Waals surface area (Å²) in [5, 5.41) is 5.06. The molecule has 126 valence electrons. The van der Waals surface area contributed by atoms with Crippen LogP contribution in [0.1, 0.15) is 11.1 Å². The number of nitrogens with two attached hydrogens (primary N) is 1. The van der Waals surface area contributed by atoms with E-state index in [4.69, 9.17) is 5.73 Å². The third-order valence-electron chi connectivity index (χ3n) is 2.98. The minimum Gasteiger partial charge on any atom is -0.368 e. The Morgan fingerprint density at radius 3 is 2.67 bits per heavy atom. The van der Waals surface area contributed by atoms with Crippen LogP contribution in [0.15, 0.2) is 37.1 Å². The summed E-state index contributed by atoms with van der Waals surface area (Å²) >= 11 is 0. The number of rotatable bonds is 4. The molecule has 9 heteroatoms. The van der Waals surface area contributed by atoms with Crippen molar-refractivity contribution in [1.82, 2.24) is 9.97 Å². The van der Waals surface area contributed by atoms with Gasteiger partial charge in [-0.3, -0.25) is 4.79 Å². The van der Waals surface area contributed by atoms with E-state index in [0.717, 1.165) is 11.6 Å². The topological polar surface area (TPSA) is 92.9 Å². The van der Waals surface area contributed by atoms with Gasteiger partial charge in [-0.05, 0) is 30.7 Å². The van der Waals surface area contributed by atoms with Crippen LogP contribution < -0.4 is 16.4 Å². The van der Waals surface area contributed by atoms with Crippen LogP contribution in [0.5, 0.6) is 0 Å². The predicted molar refractivity (Wildman–Crippen MR) is 84.7 cm³/mol. The van der Waals surface area contributed by atoms with Crippen LogP contribution in [0.2, 0.25) is 0 Å². The zero-order chi connectivity index (χ0) is 17.9. The average molecular weight is 337 g/mol. The summed E-state index contributed by atoms with van der Waals surface area (Å²) in [6.07, 6.45) is -3.01. The first-order valence-electron chi connectivity index (χ1n) is 6.71. The third-order valence-corrected chi connectivity index (χ3v) is 2.98. The summed E-state index contributed by atoms with van der Waals surface area (Å²) in [7, 11) is 0. The van der Waals surface area contributed by atoms with Gasteiger partial charge in [-0.15, -0.1) is 0 Å². The van der Waals surface area contributed by atoms with Crippen molar-refractivity contribution in [3.63, 3.8) is 0 Å². The zero-order valence-corrected chi connectivity index (χ0v) is 12.6. The number of aryl methyl sites for hydroxylation is 1. The van der Waals surface area contributed by atoms with Crippen molar-refractivity contribution in [2.45, 2.75) is 13.1 Å². The molecule has 0 bridgehead atoms. The summed E-state index contributed by atoms with van der Waals surface area (Å²) < 4.78 is 39.2. The van der Waals surface area contributed by atoms with E-state index >= 15 is 0 Å². The molecule has 1 heterocycles. The van der Waals surface area contributed by atoms with Gasteiger partial charge in [0.1, 0.15) is 11.4 Å². The first-order chi connectivity index (χ1) is 11.2. The molecule has 0 saturated carbocycles. The maximum Gasteiger partial charge on any atom is 0.421 e. The number of hydrogen-bond acceptors (Lipinski definition) is 5. The van der Waals surface area contributed by atoms with Gasteiger partial charge in [0.15, 0.2) is 0 Å². The fourth-order valence-electron chi connectivity index (χ4n) is 1.88. The number of halogens is 3. The molecule has 0 aliphatic carbocycles. The second-order valence-corrected chi connectivity index (χ2v) is 4.86. The van der Waals surface area contributed by atoms with E-state index in [2.05, 4.69) is 27.2 Å². The first kappa shape index (κ1) is 17.3. The fraction of sp³-hybridized carbons (Fsp3) is 0.133. The van der Waals surface area contributed by atoms with Crippen molar-refractivity contribution in [3.05, 3.63) is 48.2 Å². The van der Waals surface area contributed by atoms with Gasteiger partial charge in [0, 0.05) is 6.20 Å².